The quantitative estimate of drug-likeness (QED) is 0.179. The number of para-hydroxylation sites is 8. The molecule has 0 unspecified atom stereocenters. The number of H-pyrrole nitrogens is 1. The lowest BCUT2D eigenvalue weighted by molar-refractivity contribution is 1.14. The summed E-state index contributed by atoms with van der Waals surface area (Å²) in [5, 5.41) is 14.6. The lowest BCUT2D eigenvalue weighted by Gasteiger charge is -2.15. The van der Waals surface area contributed by atoms with Crippen molar-refractivity contribution in [1.82, 2.24) is 27.8 Å². The van der Waals surface area contributed by atoms with E-state index in [1.807, 2.05) is 0 Å². The maximum absolute atomic E-state index is 4.06. The third-order valence-electron chi connectivity index (χ3n) is 17.0. The topological polar surface area (TPSA) is 40.4 Å². The van der Waals surface area contributed by atoms with Gasteiger partial charge in [0.25, 0.3) is 0 Å². The van der Waals surface area contributed by atoms with Gasteiger partial charge in [0.05, 0.1) is 66.4 Å². The zero-order valence-electron chi connectivity index (χ0n) is 42.1. The van der Waals surface area contributed by atoms with Crippen molar-refractivity contribution < 1.29 is 0 Å². The van der Waals surface area contributed by atoms with Gasteiger partial charge in [-0.05, 0) is 115 Å². The van der Waals surface area contributed by atoms with Crippen LogP contribution in [0.25, 0.3) is 159 Å². The predicted molar refractivity (Wildman–Crippen MR) is 327 cm³/mol. The van der Waals surface area contributed by atoms with Crippen molar-refractivity contribution in [3.8, 4) is 28.4 Å². The highest BCUT2D eigenvalue weighted by Crippen LogP contribution is 2.44. The van der Waals surface area contributed by atoms with Crippen molar-refractivity contribution in [2.45, 2.75) is 0 Å². The predicted octanol–water partition coefficient (Wildman–Crippen LogP) is 18.8. The normalized spacial score (nSPS) is 12.4. The number of nitrogens with one attached hydrogen (secondary N) is 1. The summed E-state index contributed by atoms with van der Waals surface area (Å²) < 4.78 is 12.3. The summed E-state index contributed by atoms with van der Waals surface area (Å²) in [6.07, 6.45) is 0. The van der Waals surface area contributed by atoms with Crippen molar-refractivity contribution in [2.24, 2.45) is 0 Å². The monoisotopic (exact) mass is 992 g/mol. The van der Waals surface area contributed by atoms with E-state index in [4.69, 9.17) is 0 Å². The molecule has 0 amide bonds. The van der Waals surface area contributed by atoms with Crippen LogP contribution in [0.5, 0.6) is 0 Å². The van der Waals surface area contributed by atoms with Gasteiger partial charge < -0.3 is 27.8 Å². The number of aromatic amines is 1. The van der Waals surface area contributed by atoms with Gasteiger partial charge >= 0.3 is 0 Å². The highest BCUT2D eigenvalue weighted by atomic mass is 15.0. The second-order valence-corrected chi connectivity index (χ2v) is 21.0. The largest absolute Gasteiger partial charge is 0.353 e. The molecule has 0 fully saturated rings. The average molecular weight is 993 g/mol. The van der Waals surface area contributed by atoms with Crippen LogP contribution < -0.4 is 0 Å². The molecular weight excluding hydrogens is 949 g/mol. The summed E-state index contributed by atoms with van der Waals surface area (Å²) in [5.74, 6) is 0. The minimum atomic E-state index is 1.07. The number of benzene rings is 12. The standard InChI is InChI=1S/C72H44N6/c1-9-25-61-48(17-1)49-18-2-10-26-62(49)74(61)44-33-36-60-56(39-44)59-42-47(77-67-31-15-7-23-54(67)55-24-8-16-32-68(55)77)43-71(72(59)73-60)78-69-37-34-45(75-63-27-11-3-19-50(63)51-20-4-12-28-64(51)75)40-57(69)58-41-46(35-38-70(58)78)76-65-29-13-5-21-52(65)53-22-6-14-30-66(53)76/h1-43,73H. The van der Waals surface area contributed by atoms with E-state index in [9.17, 15) is 0 Å². The fourth-order valence-corrected chi connectivity index (χ4v) is 13.7. The van der Waals surface area contributed by atoms with Crippen LogP contribution in [-0.2, 0) is 0 Å². The third-order valence-corrected chi connectivity index (χ3v) is 17.0. The first-order chi connectivity index (χ1) is 38.7. The maximum Gasteiger partial charge on any atom is 0.0724 e. The number of aromatic nitrogens is 6. The maximum atomic E-state index is 4.06. The fourth-order valence-electron chi connectivity index (χ4n) is 13.7. The molecule has 0 aliphatic carbocycles. The number of hydrogen-bond acceptors (Lipinski definition) is 0. The molecule has 6 heterocycles. The van der Waals surface area contributed by atoms with Gasteiger partial charge in [-0.15, -0.1) is 0 Å². The van der Waals surface area contributed by atoms with Gasteiger partial charge in [0.15, 0.2) is 0 Å². The molecule has 6 aromatic heterocycles. The zero-order valence-corrected chi connectivity index (χ0v) is 42.1. The number of hydrogen-bond donors (Lipinski definition) is 1. The molecule has 12 aromatic carbocycles. The number of fused-ring (bicyclic) bond motifs is 18. The van der Waals surface area contributed by atoms with Crippen LogP contribution in [0.3, 0.4) is 0 Å². The Morgan fingerprint density at radius 1 is 0.192 bits per heavy atom. The summed E-state index contributed by atoms with van der Waals surface area (Å²) in [6, 6.07) is 96.5. The van der Waals surface area contributed by atoms with Gasteiger partial charge in [-0.2, -0.15) is 0 Å². The Morgan fingerprint density at radius 3 is 0.808 bits per heavy atom. The van der Waals surface area contributed by atoms with E-state index in [1.165, 1.54) is 98.0 Å². The molecule has 1 N–H and O–H groups in total. The Balaban J connectivity index is 0.968. The van der Waals surface area contributed by atoms with Gasteiger partial charge in [0, 0.05) is 92.9 Å². The Bertz CT molecular complexity index is 5210. The second kappa shape index (κ2) is 15.5. The minimum Gasteiger partial charge on any atom is -0.353 e. The minimum absolute atomic E-state index is 1.07. The third kappa shape index (κ3) is 5.59. The molecule has 0 saturated carbocycles. The van der Waals surface area contributed by atoms with E-state index < -0.39 is 0 Å². The molecule has 0 radical (unpaired) electrons. The van der Waals surface area contributed by atoms with Crippen LogP contribution in [0.1, 0.15) is 0 Å². The van der Waals surface area contributed by atoms with Gasteiger partial charge in [-0.1, -0.05) is 146 Å². The Morgan fingerprint density at radius 2 is 0.462 bits per heavy atom. The van der Waals surface area contributed by atoms with E-state index in [-0.39, 0.29) is 0 Å². The molecule has 0 atom stereocenters. The Hall–Kier alpha value is -10.6. The van der Waals surface area contributed by atoms with Crippen LogP contribution in [0, 0.1) is 0 Å². The first kappa shape index (κ1) is 41.8. The Kier molecular flexibility index (Phi) is 8.30. The molecular formula is C72H44N6. The first-order valence-corrected chi connectivity index (χ1v) is 26.8. The van der Waals surface area contributed by atoms with Gasteiger partial charge in [0.2, 0.25) is 0 Å². The molecule has 18 rings (SSSR count). The van der Waals surface area contributed by atoms with E-state index in [0.717, 1.165) is 61.3 Å². The van der Waals surface area contributed by atoms with Gasteiger partial charge in [-0.3, -0.25) is 0 Å². The van der Waals surface area contributed by atoms with Crippen molar-refractivity contribution in [2.75, 3.05) is 0 Å². The summed E-state index contributed by atoms with van der Waals surface area (Å²) in [7, 11) is 0. The lowest BCUT2D eigenvalue weighted by atomic mass is 10.1. The molecule has 0 spiro atoms. The number of rotatable bonds is 5. The van der Waals surface area contributed by atoms with Crippen molar-refractivity contribution >= 4 is 131 Å². The summed E-state index contributed by atoms with van der Waals surface area (Å²) in [6.45, 7) is 0. The molecule has 0 bridgehead atoms. The molecule has 6 heteroatoms. The van der Waals surface area contributed by atoms with Crippen molar-refractivity contribution in [1.29, 1.82) is 0 Å². The molecule has 0 saturated heterocycles. The van der Waals surface area contributed by atoms with Crippen LogP contribution in [0.15, 0.2) is 261 Å². The fraction of sp³-hybridized carbons (Fsp3) is 0. The smallest absolute Gasteiger partial charge is 0.0724 e. The van der Waals surface area contributed by atoms with Crippen LogP contribution in [0.4, 0.5) is 0 Å². The lowest BCUT2D eigenvalue weighted by Crippen LogP contribution is -2.01. The summed E-state index contributed by atoms with van der Waals surface area (Å²) in [5.41, 5.74) is 19.4. The first-order valence-electron chi connectivity index (χ1n) is 26.8. The van der Waals surface area contributed by atoms with E-state index in [0.29, 0.717) is 0 Å². The van der Waals surface area contributed by atoms with Gasteiger partial charge in [-0.25, -0.2) is 0 Å². The van der Waals surface area contributed by atoms with E-state index in [1.54, 1.807) is 0 Å². The summed E-state index contributed by atoms with van der Waals surface area (Å²) >= 11 is 0. The summed E-state index contributed by atoms with van der Waals surface area (Å²) in [4.78, 5) is 4.06. The van der Waals surface area contributed by atoms with Crippen LogP contribution >= 0.6 is 0 Å². The highest BCUT2D eigenvalue weighted by molar-refractivity contribution is 6.18. The van der Waals surface area contributed by atoms with Crippen molar-refractivity contribution in [3.63, 3.8) is 0 Å². The number of nitrogens with zero attached hydrogens (tertiary/aromatic N) is 5. The molecule has 0 aliphatic rings. The SMILES string of the molecule is c1ccc2c(c1)c1ccccc1n2-c1ccc2[nH]c3c(-n4c5ccc(-n6c7ccccc7c7ccccc76)cc5c5cc(-n6c7ccccc7c7ccccc76)ccc54)cc(-n4c5ccccc5c5ccccc54)cc3c2c1. The highest BCUT2D eigenvalue weighted by Gasteiger charge is 2.24. The van der Waals surface area contributed by atoms with Gasteiger partial charge in [0.1, 0.15) is 0 Å². The van der Waals surface area contributed by atoms with Crippen molar-refractivity contribution in [3.05, 3.63) is 261 Å². The molecule has 78 heavy (non-hydrogen) atoms. The molecule has 0 aliphatic heterocycles. The van der Waals surface area contributed by atoms with E-state index >= 15 is 0 Å². The Labute approximate surface area is 445 Å². The second-order valence-electron chi connectivity index (χ2n) is 21.0. The molecule has 6 nitrogen and oxygen atoms in total. The molecule has 18 aromatic rings. The zero-order chi connectivity index (χ0) is 50.7. The van der Waals surface area contributed by atoms with E-state index in [2.05, 4.69) is 289 Å². The van der Waals surface area contributed by atoms with Crippen LogP contribution in [0.2, 0.25) is 0 Å². The average Bonchev–Trinajstić information content (AvgIpc) is 4.50. The van der Waals surface area contributed by atoms with Crippen LogP contribution in [-0.4, -0.2) is 27.8 Å². The molecule has 362 valence electrons.